The molecule has 1 amide bonds. The van der Waals surface area contributed by atoms with Gasteiger partial charge in [0.1, 0.15) is 5.82 Å². The van der Waals surface area contributed by atoms with Crippen molar-refractivity contribution in [1.82, 2.24) is 14.9 Å². The molecule has 2 aromatic rings. The maximum Gasteiger partial charge on any atom is 0.335 e. The normalized spacial score (nSPS) is 12.1. The fourth-order valence-electron chi connectivity index (χ4n) is 3.93. The molecule has 1 aromatic carbocycles. The van der Waals surface area contributed by atoms with E-state index in [9.17, 15) is 19.5 Å². The number of nitrogens with zero attached hydrogens (tertiary/aromatic N) is 2. The molecule has 1 heterocycles. The SMILES string of the molecule is CCCCc1ncc(CNC(=O)[C@H](CSC(C)=O)CC(C)C)n1Cc1ccc(C(=O)O)c(C)c1. The fraction of sp³-hybridized carbons (Fsp3) is 0.538. The summed E-state index contributed by atoms with van der Waals surface area (Å²) in [7, 11) is 0. The van der Waals surface area contributed by atoms with Crippen LogP contribution in [0.2, 0.25) is 0 Å². The molecule has 1 atom stereocenters. The van der Waals surface area contributed by atoms with Gasteiger partial charge in [-0.25, -0.2) is 9.78 Å². The van der Waals surface area contributed by atoms with E-state index in [2.05, 4.69) is 35.6 Å². The van der Waals surface area contributed by atoms with E-state index in [-0.39, 0.29) is 16.9 Å². The number of aryl methyl sites for hydroxylation is 2. The predicted molar refractivity (Wildman–Crippen MR) is 136 cm³/mol. The van der Waals surface area contributed by atoms with Crippen LogP contribution in [0.5, 0.6) is 0 Å². The number of carboxylic acids is 1. The number of aromatic carboxylic acids is 1. The van der Waals surface area contributed by atoms with Crippen LogP contribution in [0.4, 0.5) is 0 Å². The Morgan fingerprint density at radius 3 is 2.56 bits per heavy atom. The Bertz CT molecular complexity index is 1000. The molecule has 0 aliphatic rings. The third-order valence-electron chi connectivity index (χ3n) is 5.69. The third kappa shape index (κ3) is 8.31. The Balaban J connectivity index is 2.20. The molecule has 0 fully saturated rings. The molecule has 0 bridgehead atoms. The zero-order chi connectivity index (χ0) is 25.3. The van der Waals surface area contributed by atoms with Gasteiger partial charge in [0.2, 0.25) is 5.91 Å². The zero-order valence-electron chi connectivity index (χ0n) is 20.9. The van der Waals surface area contributed by atoms with Crippen molar-refractivity contribution in [2.45, 2.75) is 73.4 Å². The minimum absolute atomic E-state index is 0.0180. The Labute approximate surface area is 206 Å². The molecule has 2 rings (SSSR count). The Morgan fingerprint density at radius 1 is 1.24 bits per heavy atom. The molecule has 0 aliphatic carbocycles. The summed E-state index contributed by atoms with van der Waals surface area (Å²) in [6, 6.07) is 5.37. The molecule has 2 N–H and O–H groups in total. The van der Waals surface area contributed by atoms with Gasteiger partial charge < -0.3 is 15.0 Å². The number of carboxylic acid groups (broad SMARTS) is 1. The number of hydrogen-bond acceptors (Lipinski definition) is 5. The molecule has 0 spiro atoms. The summed E-state index contributed by atoms with van der Waals surface area (Å²) in [5.74, 6) is 0.583. The highest BCUT2D eigenvalue weighted by Crippen LogP contribution is 2.20. The number of thioether (sulfide) groups is 1. The lowest BCUT2D eigenvalue weighted by molar-refractivity contribution is -0.125. The second-order valence-electron chi connectivity index (χ2n) is 9.16. The molecule has 7 nitrogen and oxygen atoms in total. The van der Waals surface area contributed by atoms with Crippen LogP contribution >= 0.6 is 11.8 Å². The van der Waals surface area contributed by atoms with Crippen molar-refractivity contribution < 1.29 is 19.5 Å². The van der Waals surface area contributed by atoms with Crippen molar-refractivity contribution in [1.29, 1.82) is 0 Å². The number of rotatable bonds is 13. The van der Waals surface area contributed by atoms with Gasteiger partial charge in [-0.3, -0.25) is 9.59 Å². The zero-order valence-corrected chi connectivity index (χ0v) is 21.7. The number of nitrogens with one attached hydrogen (secondary N) is 1. The predicted octanol–water partition coefficient (Wildman–Crippen LogP) is 4.84. The van der Waals surface area contributed by atoms with Crippen LogP contribution in [-0.4, -0.2) is 37.4 Å². The Morgan fingerprint density at radius 2 is 1.97 bits per heavy atom. The smallest absolute Gasteiger partial charge is 0.335 e. The van der Waals surface area contributed by atoms with Gasteiger partial charge in [-0.15, -0.1) is 0 Å². The van der Waals surface area contributed by atoms with E-state index in [4.69, 9.17) is 0 Å². The van der Waals surface area contributed by atoms with Crippen molar-refractivity contribution in [2.24, 2.45) is 11.8 Å². The summed E-state index contributed by atoms with van der Waals surface area (Å²) in [6.45, 7) is 10.5. The van der Waals surface area contributed by atoms with Crippen molar-refractivity contribution in [3.05, 3.63) is 52.6 Å². The summed E-state index contributed by atoms with van der Waals surface area (Å²) in [6.07, 6.45) is 5.43. The monoisotopic (exact) mass is 487 g/mol. The highest BCUT2D eigenvalue weighted by atomic mass is 32.2. The second-order valence-corrected chi connectivity index (χ2v) is 10.4. The highest BCUT2D eigenvalue weighted by Gasteiger charge is 2.21. The number of unbranched alkanes of at least 4 members (excludes halogenated alkanes) is 1. The summed E-state index contributed by atoms with van der Waals surface area (Å²) in [4.78, 5) is 40.3. The second kappa shape index (κ2) is 13.3. The molecule has 8 heteroatoms. The van der Waals surface area contributed by atoms with Gasteiger partial charge in [-0.2, -0.15) is 0 Å². The van der Waals surface area contributed by atoms with Gasteiger partial charge in [0, 0.05) is 31.6 Å². The van der Waals surface area contributed by atoms with Gasteiger partial charge in [-0.1, -0.05) is 51.1 Å². The maximum absolute atomic E-state index is 12.9. The number of aromatic nitrogens is 2. The van der Waals surface area contributed by atoms with Crippen LogP contribution in [-0.2, 0) is 29.1 Å². The molecule has 0 saturated carbocycles. The molecular formula is C26H37N3O4S. The largest absolute Gasteiger partial charge is 0.478 e. The lowest BCUT2D eigenvalue weighted by atomic mass is 9.98. The van der Waals surface area contributed by atoms with Gasteiger partial charge >= 0.3 is 5.97 Å². The molecule has 0 radical (unpaired) electrons. The number of imidazole rings is 1. The van der Waals surface area contributed by atoms with Crippen molar-refractivity contribution >= 4 is 28.8 Å². The van der Waals surface area contributed by atoms with E-state index in [1.165, 1.54) is 18.7 Å². The standard InChI is InChI=1S/C26H37N3O4S/c1-6-7-8-24-27-13-22(14-28-25(31)21(11-17(2)3)16-34-19(5)30)29(24)15-20-9-10-23(26(32)33)18(4)12-20/h9-10,12-13,17,21H,6-8,11,14-16H2,1-5H3,(H,28,31)(H,32,33)/t21-/m0/s1. The summed E-state index contributed by atoms with van der Waals surface area (Å²) in [5.41, 5.74) is 2.91. The molecule has 1 aromatic heterocycles. The first-order valence-electron chi connectivity index (χ1n) is 11.9. The van der Waals surface area contributed by atoms with Crippen LogP contribution in [0.3, 0.4) is 0 Å². The number of amides is 1. The van der Waals surface area contributed by atoms with Crippen LogP contribution in [0, 0.1) is 18.8 Å². The van der Waals surface area contributed by atoms with E-state index in [0.29, 0.717) is 30.3 Å². The quantitative estimate of drug-likeness (QED) is 0.419. The molecule has 0 saturated heterocycles. The Kier molecular flexibility index (Phi) is 10.8. The summed E-state index contributed by atoms with van der Waals surface area (Å²) in [5, 5.41) is 12.4. The van der Waals surface area contributed by atoms with E-state index < -0.39 is 5.97 Å². The van der Waals surface area contributed by atoms with E-state index in [0.717, 1.165) is 48.3 Å². The molecular weight excluding hydrogens is 450 g/mol. The first-order valence-corrected chi connectivity index (χ1v) is 12.9. The van der Waals surface area contributed by atoms with E-state index >= 15 is 0 Å². The number of carbonyl (C=O) groups excluding carboxylic acids is 2. The minimum Gasteiger partial charge on any atom is -0.478 e. The number of hydrogen-bond donors (Lipinski definition) is 2. The van der Waals surface area contributed by atoms with Crippen LogP contribution in [0.25, 0.3) is 0 Å². The average molecular weight is 488 g/mol. The van der Waals surface area contributed by atoms with E-state index in [1.54, 1.807) is 13.0 Å². The molecule has 0 unspecified atom stereocenters. The van der Waals surface area contributed by atoms with Gasteiger partial charge in [0.05, 0.1) is 24.0 Å². The first kappa shape index (κ1) is 27.6. The fourth-order valence-corrected chi connectivity index (χ4v) is 4.65. The van der Waals surface area contributed by atoms with Gasteiger partial charge in [0.25, 0.3) is 0 Å². The van der Waals surface area contributed by atoms with Crippen LogP contribution < -0.4 is 5.32 Å². The van der Waals surface area contributed by atoms with E-state index in [1.807, 2.05) is 18.3 Å². The molecule has 186 valence electrons. The topological polar surface area (TPSA) is 101 Å². The van der Waals surface area contributed by atoms with Gasteiger partial charge in [-0.05, 0) is 42.9 Å². The Hall–Kier alpha value is -2.61. The maximum atomic E-state index is 12.9. The number of carbonyl (C=O) groups is 3. The van der Waals surface area contributed by atoms with Crippen molar-refractivity contribution in [3.63, 3.8) is 0 Å². The first-order chi connectivity index (χ1) is 16.1. The number of benzene rings is 1. The third-order valence-corrected chi connectivity index (χ3v) is 6.67. The summed E-state index contributed by atoms with van der Waals surface area (Å²) >= 11 is 1.19. The summed E-state index contributed by atoms with van der Waals surface area (Å²) < 4.78 is 2.12. The lowest BCUT2D eigenvalue weighted by Crippen LogP contribution is -2.33. The van der Waals surface area contributed by atoms with Crippen molar-refractivity contribution in [2.75, 3.05) is 5.75 Å². The van der Waals surface area contributed by atoms with Crippen molar-refractivity contribution in [3.8, 4) is 0 Å². The van der Waals surface area contributed by atoms with Gasteiger partial charge in [0.15, 0.2) is 5.12 Å². The lowest BCUT2D eigenvalue weighted by Gasteiger charge is -2.19. The highest BCUT2D eigenvalue weighted by molar-refractivity contribution is 8.13. The average Bonchev–Trinajstić information content (AvgIpc) is 3.14. The molecule has 0 aliphatic heterocycles. The van der Waals surface area contributed by atoms with Crippen LogP contribution in [0.1, 0.15) is 80.0 Å². The minimum atomic E-state index is -0.933. The molecule has 34 heavy (non-hydrogen) atoms. The van der Waals surface area contributed by atoms with Crippen LogP contribution in [0.15, 0.2) is 24.4 Å².